The first-order valence-electron chi connectivity index (χ1n) is 11.6. The van der Waals surface area contributed by atoms with E-state index in [-0.39, 0.29) is 35.3 Å². The second-order valence-electron chi connectivity index (χ2n) is 8.62. The lowest BCUT2D eigenvalue weighted by Crippen LogP contribution is -2.54. The third-order valence-electron chi connectivity index (χ3n) is 5.76. The molecular weight excluding hydrogens is 573 g/mol. The second-order valence-corrected chi connectivity index (χ2v) is 9.48. The molecule has 5 amide bonds. The maximum absolute atomic E-state index is 13.3. The molecule has 3 aromatic rings. The Labute approximate surface area is 231 Å². The SMILES string of the molecule is COc1cc(/C=C2\C(=O)NC(=O)N(c3ccc(F)cc3)C2=O)cc(Br)c1OCC(=O)Nc1cc(C)ccc1C. The minimum atomic E-state index is -0.949. The molecule has 0 aliphatic carbocycles. The molecule has 0 unspecified atom stereocenters. The maximum Gasteiger partial charge on any atom is 0.335 e. The number of anilines is 2. The molecule has 1 fully saturated rings. The summed E-state index contributed by atoms with van der Waals surface area (Å²) in [7, 11) is 1.40. The van der Waals surface area contributed by atoms with Crippen molar-refractivity contribution in [3.63, 3.8) is 0 Å². The molecule has 1 heterocycles. The quantitative estimate of drug-likeness (QED) is 0.297. The number of nitrogens with one attached hydrogen (secondary N) is 2. The zero-order chi connectivity index (χ0) is 28.3. The van der Waals surface area contributed by atoms with E-state index in [4.69, 9.17) is 9.47 Å². The molecule has 0 aromatic heterocycles. The number of ether oxygens (including phenoxy) is 2. The number of halogens is 2. The van der Waals surface area contributed by atoms with E-state index in [9.17, 15) is 23.6 Å². The average Bonchev–Trinajstić information content (AvgIpc) is 2.88. The molecule has 11 heteroatoms. The maximum atomic E-state index is 13.3. The molecule has 0 saturated carbocycles. The Kier molecular flexibility index (Phi) is 8.10. The van der Waals surface area contributed by atoms with E-state index in [0.29, 0.717) is 15.7 Å². The zero-order valence-electron chi connectivity index (χ0n) is 21.1. The monoisotopic (exact) mass is 595 g/mol. The Hall–Kier alpha value is -4.51. The first-order chi connectivity index (χ1) is 18.6. The summed E-state index contributed by atoms with van der Waals surface area (Å²) in [6, 6.07) is 12.5. The van der Waals surface area contributed by atoms with Gasteiger partial charge in [-0.2, -0.15) is 0 Å². The Morgan fingerprint density at radius 2 is 1.79 bits per heavy atom. The van der Waals surface area contributed by atoms with Crippen LogP contribution in [-0.4, -0.2) is 37.5 Å². The van der Waals surface area contributed by atoms with Crippen LogP contribution in [0.25, 0.3) is 6.08 Å². The van der Waals surface area contributed by atoms with Gasteiger partial charge in [0.2, 0.25) is 0 Å². The van der Waals surface area contributed by atoms with Crippen molar-refractivity contribution in [1.29, 1.82) is 0 Å². The summed E-state index contributed by atoms with van der Waals surface area (Å²) < 4.78 is 24.8. The number of hydrogen-bond acceptors (Lipinski definition) is 6. The van der Waals surface area contributed by atoms with E-state index in [2.05, 4.69) is 26.6 Å². The van der Waals surface area contributed by atoms with Crippen molar-refractivity contribution in [3.8, 4) is 11.5 Å². The number of nitrogens with zero attached hydrogens (tertiary/aromatic N) is 1. The predicted octanol–water partition coefficient (Wildman–Crippen LogP) is 4.90. The van der Waals surface area contributed by atoms with E-state index in [1.807, 2.05) is 32.0 Å². The molecule has 1 aliphatic rings. The highest BCUT2D eigenvalue weighted by atomic mass is 79.9. The topological polar surface area (TPSA) is 114 Å². The number of urea groups is 1. The molecule has 3 aromatic carbocycles. The first kappa shape index (κ1) is 27.5. The predicted molar refractivity (Wildman–Crippen MR) is 146 cm³/mol. The van der Waals surface area contributed by atoms with Crippen molar-refractivity contribution in [3.05, 3.63) is 87.2 Å². The van der Waals surface area contributed by atoms with Gasteiger partial charge in [-0.05, 0) is 95.0 Å². The van der Waals surface area contributed by atoms with Gasteiger partial charge < -0.3 is 14.8 Å². The summed E-state index contributed by atoms with van der Waals surface area (Å²) in [5, 5.41) is 4.92. The van der Waals surface area contributed by atoms with Crippen molar-refractivity contribution in [2.24, 2.45) is 0 Å². The van der Waals surface area contributed by atoms with E-state index in [1.54, 1.807) is 6.07 Å². The molecule has 1 aliphatic heterocycles. The highest BCUT2D eigenvalue weighted by Crippen LogP contribution is 2.37. The summed E-state index contributed by atoms with van der Waals surface area (Å²) in [6.07, 6.45) is 1.28. The molecular formula is C28H23BrFN3O6. The summed E-state index contributed by atoms with van der Waals surface area (Å²) in [6.45, 7) is 3.50. The fourth-order valence-electron chi connectivity index (χ4n) is 3.81. The Balaban J connectivity index is 1.55. The molecule has 4 rings (SSSR count). The number of hydrogen-bond donors (Lipinski definition) is 2. The molecule has 2 N–H and O–H groups in total. The molecule has 0 atom stereocenters. The highest BCUT2D eigenvalue weighted by Gasteiger charge is 2.37. The van der Waals surface area contributed by atoms with Crippen LogP contribution in [0.3, 0.4) is 0 Å². The minimum Gasteiger partial charge on any atom is -0.493 e. The number of imide groups is 2. The van der Waals surface area contributed by atoms with Crippen molar-refractivity contribution in [1.82, 2.24) is 5.32 Å². The highest BCUT2D eigenvalue weighted by molar-refractivity contribution is 9.10. The van der Waals surface area contributed by atoms with E-state index in [1.165, 1.54) is 31.4 Å². The Morgan fingerprint density at radius 1 is 1.08 bits per heavy atom. The number of barbiturate groups is 1. The number of aryl methyl sites for hydroxylation is 2. The number of methoxy groups -OCH3 is 1. The van der Waals surface area contributed by atoms with Crippen LogP contribution in [0.5, 0.6) is 11.5 Å². The molecule has 1 saturated heterocycles. The van der Waals surface area contributed by atoms with Gasteiger partial charge in [0.15, 0.2) is 18.1 Å². The number of benzene rings is 3. The largest absolute Gasteiger partial charge is 0.493 e. The summed E-state index contributed by atoms with van der Waals surface area (Å²) in [5.74, 6) is -2.23. The van der Waals surface area contributed by atoms with Crippen LogP contribution in [0.4, 0.5) is 20.6 Å². The lowest BCUT2D eigenvalue weighted by Gasteiger charge is -2.26. The van der Waals surface area contributed by atoms with Crippen LogP contribution < -0.4 is 25.0 Å². The van der Waals surface area contributed by atoms with Gasteiger partial charge >= 0.3 is 6.03 Å². The summed E-state index contributed by atoms with van der Waals surface area (Å²) in [5.41, 5.74) is 2.73. The number of rotatable bonds is 7. The van der Waals surface area contributed by atoms with Crippen molar-refractivity contribution in [2.75, 3.05) is 23.9 Å². The smallest absolute Gasteiger partial charge is 0.335 e. The van der Waals surface area contributed by atoms with Crippen LogP contribution in [0, 0.1) is 19.7 Å². The van der Waals surface area contributed by atoms with E-state index in [0.717, 1.165) is 28.2 Å². The Bertz CT molecular complexity index is 1520. The first-order valence-corrected chi connectivity index (χ1v) is 12.4. The van der Waals surface area contributed by atoms with Gasteiger partial charge in [-0.25, -0.2) is 14.1 Å². The molecule has 0 radical (unpaired) electrons. The molecule has 200 valence electrons. The van der Waals surface area contributed by atoms with Crippen LogP contribution in [-0.2, 0) is 14.4 Å². The molecule has 0 bridgehead atoms. The summed E-state index contributed by atoms with van der Waals surface area (Å²) in [4.78, 5) is 51.2. The molecule has 9 nitrogen and oxygen atoms in total. The average molecular weight is 596 g/mol. The Morgan fingerprint density at radius 3 is 2.49 bits per heavy atom. The third kappa shape index (κ3) is 6.15. The van der Waals surface area contributed by atoms with Crippen LogP contribution in [0.2, 0.25) is 0 Å². The molecule has 0 spiro atoms. The number of carbonyl (C=O) groups excluding carboxylic acids is 4. The van der Waals surface area contributed by atoms with Gasteiger partial charge in [0.1, 0.15) is 11.4 Å². The van der Waals surface area contributed by atoms with Gasteiger partial charge in [0, 0.05) is 5.69 Å². The minimum absolute atomic E-state index is 0.0962. The number of amides is 5. The fourth-order valence-corrected chi connectivity index (χ4v) is 4.38. The van der Waals surface area contributed by atoms with Crippen molar-refractivity contribution in [2.45, 2.75) is 13.8 Å². The van der Waals surface area contributed by atoms with Gasteiger partial charge in [-0.3, -0.25) is 19.7 Å². The van der Waals surface area contributed by atoms with Crippen LogP contribution in [0.1, 0.15) is 16.7 Å². The standard InChI is InChI=1S/C28H23BrFN3O6/c1-15-4-5-16(2)22(10-15)31-24(34)14-39-25-21(29)12-17(13-23(25)38-3)11-20-26(35)32-28(37)33(27(20)36)19-8-6-18(30)7-9-19/h4-13H,14H2,1-3H3,(H,31,34)(H,32,35,37)/b20-11+. The van der Waals surface area contributed by atoms with Crippen molar-refractivity contribution < 1.29 is 33.0 Å². The van der Waals surface area contributed by atoms with E-state index < -0.39 is 23.7 Å². The van der Waals surface area contributed by atoms with Crippen LogP contribution >= 0.6 is 15.9 Å². The second kappa shape index (κ2) is 11.5. The van der Waals surface area contributed by atoms with Gasteiger partial charge in [0.25, 0.3) is 17.7 Å². The van der Waals surface area contributed by atoms with Crippen molar-refractivity contribution >= 4 is 57.1 Å². The molecule has 39 heavy (non-hydrogen) atoms. The van der Waals surface area contributed by atoms with Gasteiger partial charge in [0.05, 0.1) is 17.3 Å². The fraction of sp³-hybridized carbons (Fsp3) is 0.143. The van der Waals surface area contributed by atoms with Gasteiger partial charge in [-0.1, -0.05) is 12.1 Å². The zero-order valence-corrected chi connectivity index (χ0v) is 22.7. The third-order valence-corrected chi connectivity index (χ3v) is 6.35. The number of carbonyl (C=O) groups is 4. The van der Waals surface area contributed by atoms with Crippen LogP contribution in [0.15, 0.2) is 64.6 Å². The lowest BCUT2D eigenvalue weighted by atomic mass is 10.1. The lowest BCUT2D eigenvalue weighted by molar-refractivity contribution is -0.122. The van der Waals surface area contributed by atoms with E-state index >= 15 is 0 Å². The van der Waals surface area contributed by atoms with Gasteiger partial charge in [-0.15, -0.1) is 0 Å². The summed E-state index contributed by atoms with van der Waals surface area (Å²) >= 11 is 3.39. The normalized spacial score (nSPS) is 14.3.